The van der Waals surface area contributed by atoms with Crippen LogP contribution in [0, 0.1) is 0 Å². The topological polar surface area (TPSA) is 56.3 Å². The molecule has 0 amide bonds. The molecule has 0 radical (unpaired) electrons. The highest BCUT2D eigenvalue weighted by atomic mass is 35.5. The minimum absolute atomic E-state index is 0.257. The Morgan fingerprint density at radius 1 is 1.35 bits per heavy atom. The van der Waals surface area contributed by atoms with E-state index in [0.717, 1.165) is 22.8 Å². The van der Waals surface area contributed by atoms with Gasteiger partial charge in [0.05, 0.1) is 5.69 Å². The number of hydrogen-bond donors (Lipinski definition) is 1. The van der Waals surface area contributed by atoms with Crippen molar-refractivity contribution in [2.45, 2.75) is 51.8 Å². The van der Waals surface area contributed by atoms with E-state index >= 15 is 0 Å². The number of nitrogens with two attached hydrogens (primary N) is 1. The molecular formula is C16H25ClN4OS. The molecule has 0 bridgehead atoms. The lowest BCUT2D eigenvalue weighted by atomic mass is 10.00. The van der Waals surface area contributed by atoms with E-state index < -0.39 is 0 Å². The molecule has 3 heterocycles. The summed E-state index contributed by atoms with van der Waals surface area (Å²) in [5.74, 6) is 9.39. The highest BCUT2D eigenvalue weighted by Crippen LogP contribution is 2.43. The molecule has 1 aromatic heterocycles. The van der Waals surface area contributed by atoms with Crippen LogP contribution in [-0.2, 0) is 11.3 Å². The van der Waals surface area contributed by atoms with Crippen molar-refractivity contribution in [3.8, 4) is 0 Å². The van der Waals surface area contributed by atoms with Gasteiger partial charge in [-0.25, -0.2) is 9.66 Å². The Bertz CT molecular complexity index is 609. The SMILES string of the molecule is CCOCc1nc2c(n1N)C(C)=C(C)N(C1CCSCC1)C2Cl. The fourth-order valence-corrected chi connectivity index (χ4v) is 4.96. The van der Waals surface area contributed by atoms with Gasteiger partial charge in [-0.1, -0.05) is 11.6 Å². The van der Waals surface area contributed by atoms with Crippen molar-refractivity contribution in [2.24, 2.45) is 0 Å². The van der Waals surface area contributed by atoms with Crippen LogP contribution in [0.3, 0.4) is 0 Å². The van der Waals surface area contributed by atoms with Crippen LogP contribution in [0.2, 0.25) is 0 Å². The van der Waals surface area contributed by atoms with E-state index in [1.807, 2.05) is 18.7 Å². The Balaban J connectivity index is 1.97. The van der Waals surface area contributed by atoms with Gasteiger partial charge in [-0.05, 0) is 50.7 Å². The monoisotopic (exact) mass is 356 g/mol. The van der Waals surface area contributed by atoms with Gasteiger partial charge < -0.3 is 15.5 Å². The molecule has 1 atom stereocenters. The van der Waals surface area contributed by atoms with Crippen molar-refractivity contribution < 1.29 is 4.74 Å². The third-order valence-corrected chi connectivity index (χ3v) is 6.25. The number of alkyl halides is 1. The highest BCUT2D eigenvalue weighted by molar-refractivity contribution is 7.99. The molecular weight excluding hydrogens is 332 g/mol. The van der Waals surface area contributed by atoms with Gasteiger partial charge in [0.1, 0.15) is 17.8 Å². The largest absolute Gasteiger partial charge is 0.374 e. The lowest BCUT2D eigenvalue weighted by Gasteiger charge is -2.42. The van der Waals surface area contributed by atoms with Crippen LogP contribution in [0.4, 0.5) is 0 Å². The van der Waals surface area contributed by atoms with Gasteiger partial charge in [0.15, 0.2) is 5.82 Å². The number of nitrogen functional groups attached to an aromatic ring is 1. The average Bonchev–Trinajstić information content (AvgIpc) is 2.89. The van der Waals surface area contributed by atoms with E-state index in [0.29, 0.717) is 19.3 Å². The molecule has 2 N–H and O–H groups in total. The smallest absolute Gasteiger partial charge is 0.153 e. The molecule has 0 saturated carbocycles. The van der Waals surface area contributed by atoms with Crippen LogP contribution in [0.5, 0.6) is 0 Å². The Hall–Kier alpha value is -0.850. The fourth-order valence-electron chi connectivity index (χ4n) is 3.42. The van der Waals surface area contributed by atoms with Crippen LogP contribution in [0.25, 0.3) is 5.57 Å². The second-order valence-corrected chi connectivity index (χ2v) is 7.70. The number of thioether (sulfide) groups is 1. The maximum atomic E-state index is 6.84. The van der Waals surface area contributed by atoms with Gasteiger partial charge in [0.25, 0.3) is 0 Å². The van der Waals surface area contributed by atoms with Crippen molar-refractivity contribution in [2.75, 3.05) is 24.0 Å². The molecule has 0 spiro atoms. The van der Waals surface area contributed by atoms with Gasteiger partial charge in [-0.15, -0.1) is 0 Å². The summed E-state index contributed by atoms with van der Waals surface area (Å²) in [4.78, 5) is 7.04. The van der Waals surface area contributed by atoms with E-state index in [-0.39, 0.29) is 5.50 Å². The number of imidazole rings is 1. The minimum Gasteiger partial charge on any atom is -0.374 e. The Morgan fingerprint density at radius 3 is 2.70 bits per heavy atom. The van der Waals surface area contributed by atoms with E-state index in [1.165, 1.54) is 30.0 Å². The second kappa shape index (κ2) is 6.95. The first kappa shape index (κ1) is 17.0. The molecule has 1 saturated heterocycles. The number of halogens is 1. The van der Waals surface area contributed by atoms with Crippen LogP contribution in [-0.4, -0.2) is 38.7 Å². The lowest BCUT2D eigenvalue weighted by Crippen LogP contribution is -2.40. The molecule has 23 heavy (non-hydrogen) atoms. The molecule has 5 nitrogen and oxygen atoms in total. The van der Waals surface area contributed by atoms with E-state index in [4.69, 9.17) is 27.2 Å². The zero-order chi connectivity index (χ0) is 16.6. The van der Waals surface area contributed by atoms with Crippen LogP contribution >= 0.6 is 23.4 Å². The summed E-state index contributed by atoms with van der Waals surface area (Å²) in [5, 5.41) is 0. The van der Waals surface area contributed by atoms with Gasteiger partial charge >= 0.3 is 0 Å². The lowest BCUT2D eigenvalue weighted by molar-refractivity contribution is 0.126. The average molecular weight is 357 g/mol. The Kier molecular flexibility index (Phi) is 5.13. The van der Waals surface area contributed by atoms with Gasteiger partial charge in [-0.2, -0.15) is 11.8 Å². The summed E-state index contributed by atoms with van der Waals surface area (Å²) in [6.07, 6.45) is 2.34. The number of allylic oxidation sites excluding steroid dienone is 2. The maximum absolute atomic E-state index is 6.84. The van der Waals surface area contributed by atoms with E-state index in [2.05, 4.69) is 18.7 Å². The first-order valence-electron chi connectivity index (χ1n) is 8.18. The third kappa shape index (κ3) is 2.96. The fraction of sp³-hybridized carbons (Fsp3) is 0.688. The summed E-state index contributed by atoms with van der Waals surface area (Å²) in [6, 6.07) is 0.486. The van der Waals surface area contributed by atoms with Crippen LogP contribution in [0.15, 0.2) is 5.70 Å². The van der Waals surface area contributed by atoms with Crippen molar-refractivity contribution >= 4 is 28.9 Å². The Morgan fingerprint density at radius 2 is 2.04 bits per heavy atom. The molecule has 1 unspecified atom stereocenters. The molecule has 1 fully saturated rings. The van der Waals surface area contributed by atoms with E-state index in [9.17, 15) is 0 Å². The minimum atomic E-state index is -0.257. The molecule has 2 aliphatic rings. The van der Waals surface area contributed by atoms with Crippen molar-refractivity contribution in [3.63, 3.8) is 0 Å². The van der Waals surface area contributed by atoms with Gasteiger partial charge in [-0.3, -0.25) is 0 Å². The van der Waals surface area contributed by atoms with Crippen LogP contribution < -0.4 is 5.84 Å². The summed E-state index contributed by atoms with van der Waals surface area (Å²) < 4.78 is 7.13. The number of nitrogens with zero attached hydrogens (tertiary/aromatic N) is 3. The molecule has 128 valence electrons. The normalized spacial score (nSPS) is 22.6. The third-order valence-electron chi connectivity index (χ3n) is 4.79. The number of rotatable bonds is 4. The zero-order valence-electron chi connectivity index (χ0n) is 14.0. The maximum Gasteiger partial charge on any atom is 0.153 e. The summed E-state index contributed by atoms with van der Waals surface area (Å²) >= 11 is 8.86. The second-order valence-electron chi connectivity index (χ2n) is 6.07. The summed E-state index contributed by atoms with van der Waals surface area (Å²) in [6.45, 7) is 7.27. The predicted molar refractivity (Wildman–Crippen MR) is 96.8 cm³/mol. The van der Waals surface area contributed by atoms with Gasteiger partial charge in [0.2, 0.25) is 0 Å². The van der Waals surface area contributed by atoms with Crippen molar-refractivity contribution in [1.29, 1.82) is 0 Å². The number of aromatic nitrogens is 2. The molecule has 0 aliphatic carbocycles. The molecule has 0 aromatic carbocycles. The number of hydrogen-bond acceptors (Lipinski definition) is 5. The highest BCUT2D eigenvalue weighted by Gasteiger charge is 2.37. The molecule has 7 heteroatoms. The Labute approximate surface area is 147 Å². The molecule has 1 aromatic rings. The zero-order valence-corrected chi connectivity index (χ0v) is 15.6. The predicted octanol–water partition coefficient (Wildman–Crippen LogP) is 3.33. The van der Waals surface area contributed by atoms with Gasteiger partial charge in [0, 0.05) is 18.3 Å². The first-order chi connectivity index (χ1) is 11.1. The number of fused-ring (bicyclic) bond motifs is 1. The van der Waals surface area contributed by atoms with Crippen molar-refractivity contribution in [1.82, 2.24) is 14.6 Å². The summed E-state index contributed by atoms with van der Waals surface area (Å²) in [5.41, 5.74) is 3.92. The molecule has 2 aliphatic heterocycles. The van der Waals surface area contributed by atoms with Crippen molar-refractivity contribution in [3.05, 3.63) is 22.9 Å². The molecule has 3 rings (SSSR count). The number of ether oxygens (including phenoxy) is 1. The standard InChI is InChI=1S/C16H25ClN4OS/c1-4-22-9-13-19-14-15(21(13)18)10(2)11(3)20(16(14)17)12-5-7-23-8-6-12/h12,16H,4-9,18H2,1-3H3. The van der Waals surface area contributed by atoms with Crippen LogP contribution in [0.1, 0.15) is 56.3 Å². The first-order valence-corrected chi connectivity index (χ1v) is 9.77. The van der Waals surface area contributed by atoms with E-state index in [1.54, 1.807) is 4.68 Å². The summed E-state index contributed by atoms with van der Waals surface area (Å²) in [7, 11) is 0. The quantitative estimate of drug-likeness (QED) is 0.509.